The fourth-order valence-electron chi connectivity index (χ4n) is 1.56. The lowest BCUT2D eigenvalue weighted by Gasteiger charge is -2.02. The molecule has 0 saturated carbocycles. The minimum absolute atomic E-state index is 0.123. The number of nitrogens with one attached hydrogen (secondary N) is 1. The predicted molar refractivity (Wildman–Crippen MR) is 67.3 cm³/mol. The van der Waals surface area contributed by atoms with Crippen LogP contribution in [0.1, 0.15) is 5.56 Å². The van der Waals surface area contributed by atoms with Crippen molar-refractivity contribution >= 4 is 6.08 Å². The van der Waals surface area contributed by atoms with Crippen molar-refractivity contribution in [3.05, 3.63) is 51.8 Å². The molecule has 0 unspecified atom stereocenters. The molecule has 2 rings (SSSR count). The van der Waals surface area contributed by atoms with Crippen molar-refractivity contribution in [3.8, 4) is 23.7 Å². The van der Waals surface area contributed by atoms with Crippen LogP contribution in [0.5, 0.6) is 5.88 Å². The van der Waals surface area contributed by atoms with Crippen molar-refractivity contribution in [2.75, 3.05) is 0 Å². The van der Waals surface area contributed by atoms with E-state index in [1.807, 2.05) is 0 Å². The van der Waals surface area contributed by atoms with Gasteiger partial charge in [-0.15, -0.1) is 0 Å². The largest absolute Gasteiger partial charge is 0.493 e. The quantitative estimate of drug-likeness (QED) is 0.785. The van der Waals surface area contributed by atoms with Gasteiger partial charge >= 0.3 is 0 Å². The van der Waals surface area contributed by atoms with Crippen molar-refractivity contribution in [1.82, 2.24) is 9.78 Å². The molecule has 1 aromatic heterocycles. The lowest BCUT2D eigenvalue weighted by atomic mass is 10.2. The lowest BCUT2D eigenvalue weighted by Crippen LogP contribution is -2.05. The topological polar surface area (TPSA) is 106 Å². The van der Waals surface area contributed by atoms with Crippen LogP contribution in [0, 0.1) is 22.7 Å². The second-order valence-corrected chi connectivity index (χ2v) is 3.63. The second-order valence-electron chi connectivity index (χ2n) is 3.63. The molecular weight excluding hydrogens is 244 g/mol. The van der Waals surface area contributed by atoms with Crippen LogP contribution in [0.15, 0.2) is 40.7 Å². The number of rotatable bonds is 2. The summed E-state index contributed by atoms with van der Waals surface area (Å²) in [7, 11) is 0. The Morgan fingerprint density at radius 1 is 1.26 bits per heavy atom. The van der Waals surface area contributed by atoms with Crippen LogP contribution in [0.3, 0.4) is 0 Å². The molecule has 2 aromatic rings. The third-order valence-electron chi connectivity index (χ3n) is 2.45. The average molecular weight is 252 g/mol. The van der Waals surface area contributed by atoms with Crippen molar-refractivity contribution in [3.63, 3.8) is 0 Å². The molecule has 0 aliphatic heterocycles. The van der Waals surface area contributed by atoms with E-state index in [4.69, 9.17) is 10.5 Å². The van der Waals surface area contributed by atoms with Crippen LogP contribution in [-0.4, -0.2) is 14.9 Å². The van der Waals surface area contributed by atoms with Gasteiger partial charge in [0.15, 0.2) is 0 Å². The second kappa shape index (κ2) is 4.94. The van der Waals surface area contributed by atoms with Crippen molar-refractivity contribution in [2.24, 2.45) is 0 Å². The van der Waals surface area contributed by atoms with E-state index in [0.29, 0.717) is 5.69 Å². The molecule has 0 amide bonds. The highest BCUT2D eigenvalue weighted by Gasteiger charge is 2.13. The Bertz CT molecular complexity index is 754. The number of nitriles is 2. The zero-order valence-electron chi connectivity index (χ0n) is 9.66. The highest BCUT2D eigenvalue weighted by atomic mass is 16.3. The molecule has 0 saturated heterocycles. The molecule has 6 nitrogen and oxygen atoms in total. The molecule has 1 heterocycles. The zero-order chi connectivity index (χ0) is 13.8. The number of aromatic nitrogens is 2. The summed E-state index contributed by atoms with van der Waals surface area (Å²) in [6.07, 6.45) is 1.05. The number of aromatic amines is 1. The van der Waals surface area contributed by atoms with Crippen LogP contribution in [0.4, 0.5) is 0 Å². The van der Waals surface area contributed by atoms with Gasteiger partial charge < -0.3 is 5.11 Å². The first-order valence-corrected chi connectivity index (χ1v) is 5.28. The summed E-state index contributed by atoms with van der Waals surface area (Å²) in [5, 5.41) is 29.7. The summed E-state index contributed by atoms with van der Waals surface area (Å²) in [5.74, 6) is -0.348. The standard InChI is InChI=1S/C13H8N4O2/c14-7-9(8-15)6-11-12(18)16-17(13(11)19)10-4-2-1-3-5-10/h1-6,19H,(H,16,18). The number of H-pyrrole nitrogens is 1. The van der Waals surface area contributed by atoms with Gasteiger partial charge in [-0.1, -0.05) is 18.2 Å². The summed E-state index contributed by atoms with van der Waals surface area (Å²) >= 11 is 0. The summed E-state index contributed by atoms with van der Waals surface area (Å²) in [5.41, 5.74) is -0.398. The number of hydrogen-bond acceptors (Lipinski definition) is 4. The van der Waals surface area contributed by atoms with Gasteiger partial charge in [0.1, 0.15) is 23.3 Å². The first-order valence-electron chi connectivity index (χ1n) is 5.28. The van der Waals surface area contributed by atoms with Crippen LogP contribution >= 0.6 is 0 Å². The Hall–Kier alpha value is -3.25. The molecule has 0 atom stereocenters. The maximum Gasteiger partial charge on any atom is 0.275 e. The Morgan fingerprint density at radius 3 is 2.47 bits per heavy atom. The number of aromatic hydroxyl groups is 1. The van der Waals surface area contributed by atoms with Crippen molar-refractivity contribution in [1.29, 1.82) is 10.5 Å². The minimum atomic E-state index is -0.579. The van der Waals surface area contributed by atoms with Gasteiger partial charge in [0.2, 0.25) is 5.88 Å². The van der Waals surface area contributed by atoms with E-state index in [2.05, 4.69) is 5.10 Å². The molecule has 0 spiro atoms. The Balaban J connectivity index is 2.61. The molecule has 19 heavy (non-hydrogen) atoms. The van der Waals surface area contributed by atoms with E-state index in [-0.39, 0.29) is 17.0 Å². The van der Waals surface area contributed by atoms with Gasteiger partial charge in [-0.2, -0.15) is 10.5 Å². The molecule has 1 aromatic carbocycles. The van der Waals surface area contributed by atoms with Crippen LogP contribution in [0.2, 0.25) is 0 Å². The molecule has 0 aliphatic rings. The van der Waals surface area contributed by atoms with E-state index < -0.39 is 5.56 Å². The molecule has 2 N–H and O–H groups in total. The molecular formula is C13H8N4O2. The predicted octanol–water partition coefficient (Wildman–Crippen LogP) is 1.30. The molecule has 0 fully saturated rings. The first kappa shape index (κ1) is 12.2. The fourth-order valence-corrected chi connectivity index (χ4v) is 1.56. The van der Waals surface area contributed by atoms with E-state index in [1.54, 1.807) is 42.5 Å². The molecule has 6 heteroatoms. The zero-order valence-corrected chi connectivity index (χ0v) is 9.66. The number of hydrogen-bond donors (Lipinski definition) is 2. The fraction of sp³-hybridized carbons (Fsp3) is 0. The highest BCUT2D eigenvalue weighted by molar-refractivity contribution is 5.65. The Kier molecular flexibility index (Phi) is 3.18. The van der Waals surface area contributed by atoms with Crippen molar-refractivity contribution in [2.45, 2.75) is 0 Å². The Morgan fingerprint density at radius 2 is 1.89 bits per heavy atom. The molecule has 92 valence electrons. The van der Waals surface area contributed by atoms with Gasteiger partial charge in [-0.05, 0) is 18.2 Å². The lowest BCUT2D eigenvalue weighted by molar-refractivity contribution is 0.432. The number of nitrogens with zero attached hydrogens (tertiary/aromatic N) is 3. The minimum Gasteiger partial charge on any atom is -0.493 e. The average Bonchev–Trinajstić information content (AvgIpc) is 2.73. The molecule has 0 radical (unpaired) electrons. The summed E-state index contributed by atoms with van der Waals surface area (Å²) in [4.78, 5) is 11.7. The third kappa shape index (κ3) is 2.24. The van der Waals surface area contributed by atoms with Crippen LogP contribution in [0.25, 0.3) is 11.8 Å². The normalized spacial score (nSPS) is 9.37. The van der Waals surface area contributed by atoms with Gasteiger partial charge in [0.05, 0.1) is 5.69 Å². The van der Waals surface area contributed by atoms with Crippen LogP contribution in [-0.2, 0) is 0 Å². The summed E-state index contributed by atoms with van der Waals surface area (Å²) < 4.78 is 1.18. The SMILES string of the molecule is N#CC(C#N)=Cc1c(O)n(-c2ccccc2)[nH]c1=O. The van der Waals surface area contributed by atoms with Gasteiger partial charge in [0.25, 0.3) is 5.56 Å². The van der Waals surface area contributed by atoms with Gasteiger partial charge in [-0.3, -0.25) is 9.89 Å². The number of allylic oxidation sites excluding steroid dienone is 1. The molecule has 0 aliphatic carbocycles. The van der Waals surface area contributed by atoms with E-state index in [1.165, 1.54) is 4.68 Å². The van der Waals surface area contributed by atoms with Gasteiger partial charge in [-0.25, -0.2) is 4.68 Å². The first-order chi connectivity index (χ1) is 9.17. The number of benzene rings is 1. The molecule has 0 bridgehead atoms. The Labute approximate surface area is 108 Å². The highest BCUT2D eigenvalue weighted by Crippen LogP contribution is 2.19. The summed E-state index contributed by atoms with van der Waals surface area (Å²) in [6.45, 7) is 0. The number of para-hydroxylation sites is 1. The summed E-state index contributed by atoms with van der Waals surface area (Å²) in [6, 6.07) is 11.9. The van der Waals surface area contributed by atoms with E-state index in [0.717, 1.165) is 6.08 Å². The van der Waals surface area contributed by atoms with E-state index >= 15 is 0 Å². The maximum absolute atomic E-state index is 11.7. The smallest absolute Gasteiger partial charge is 0.275 e. The van der Waals surface area contributed by atoms with Gasteiger partial charge in [0, 0.05) is 0 Å². The van der Waals surface area contributed by atoms with Crippen LogP contribution < -0.4 is 5.56 Å². The monoisotopic (exact) mass is 252 g/mol. The third-order valence-corrected chi connectivity index (χ3v) is 2.45. The van der Waals surface area contributed by atoms with Crippen molar-refractivity contribution < 1.29 is 5.11 Å². The van der Waals surface area contributed by atoms with E-state index in [9.17, 15) is 9.90 Å². The maximum atomic E-state index is 11.7.